The summed E-state index contributed by atoms with van der Waals surface area (Å²) in [6, 6.07) is 5.91. The molecule has 0 aromatic heterocycles. The molecule has 3 N–H and O–H groups in total. The van der Waals surface area contributed by atoms with Crippen molar-refractivity contribution in [2.24, 2.45) is 5.92 Å². The van der Waals surface area contributed by atoms with Crippen LogP contribution in [0.5, 0.6) is 0 Å². The normalized spacial score (nSPS) is 12.0. The smallest absolute Gasteiger partial charge is 0.251 e. The SMILES string of the molecule is CC(C)CC(NC(=O)c1ccc(Cl)cc1)C(=O)NCCCO. The average molecular weight is 327 g/mol. The number of rotatable bonds is 8. The molecular weight excluding hydrogens is 304 g/mol. The third-order valence-electron chi connectivity index (χ3n) is 3.07. The first-order valence-corrected chi connectivity index (χ1v) is 7.76. The van der Waals surface area contributed by atoms with Crippen LogP contribution < -0.4 is 10.6 Å². The van der Waals surface area contributed by atoms with Gasteiger partial charge in [0.25, 0.3) is 5.91 Å². The zero-order chi connectivity index (χ0) is 16.5. The lowest BCUT2D eigenvalue weighted by Crippen LogP contribution is -2.47. The summed E-state index contributed by atoms with van der Waals surface area (Å²) in [5.74, 6) is -0.275. The first-order chi connectivity index (χ1) is 10.4. The van der Waals surface area contributed by atoms with Crippen molar-refractivity contribution < 1.29 is 14.7 Å². The van der Waals surface area contributed by atoms with E-state index in [4.69, 9.17) is 16.7 Å². The Morgan fingerprint density at radius 2 is 1.86 bits per heavy atom. The van der Waals surface area contributed by atoms with Crippen LogP contribution in [-0.4, -0.2) is 36.1 Å². The van der Waals surface area contributed by atoms with Crippen LogP contribution >= 0.6 is 11.6 Å². The van der Waals surface area contributed by atoms with Gasteiger partial charge in [-0.05, 0) is 43.0 Å². The molecule has 122 valence electrons. The monoisotopic (exact) mass is 326 g/mol. The number of halogens is 1. The number of amides is 2. The summed E-state index contributed by atoms with van der Waals surface area (Å²) in [6.07, 6.45) is 1.04. The largest absolute Gasteiger partial charge is 0.396 e. The minimum atomic E-state index is -0.595. The number of hydrogen-bond acceptors (Lipinski definition) is 3. The van der Waals surface area contributed by atoms with Gasteiger partial charge in [-0.3, -0.25) is 9.59 Å². The van der Waals surface area contributed by atoms with Crippen LogP contribution in [0.25, 0.3) is 0 Å². The van der Waals surface area contributed by atoms with Crippen molar-refractivity contribution in [3.05, 3.63) is 34.9 Å². The molecular formula is C16H23ClN2O3. The quantitative estimate of drug-likeness (QED) is 0.639. The number of carbonyl (C=O) groups is 2. The van der Waals surface area contributed by atoms with Gasteiger partial charge in [-0.1, -0.05) is 25.4 Å². The van der Waals surface area contributed by atoms with Gasteiger partial charge in [-0.15, -0.1) is 0 Å². The highest BCUT2D eigenvalue weighted by Gasteiger charge is 2.22. The molecule has 0 aliphatic carbocycles. The lowest BCUT2D eigenvalue weighted by atomic mass is 10.0. The number of benzene rings is 1. The second kappa shape index (κ2) is 9.43. The molecule has 0 heterocycles. The Bertz CT molecular complexity index is 489. The Labute approximate surface area is 136 Å². The fourth-order valence-corrected chi connectivity index (χ4v) is 2.09. The van der Waals surface area contributed by atoms with Crippen LogP contribution in [0.2, 0.25) is 5.02 Å². The first kappa shape index (κ1) is 18.5. The van der Waals surface area contributed by atoms with E-state index in [1.807, 2.05) is 13.8 Å². The fraction of sp³-hybridized carbons (Fsp3) is 0.500. The van der Waals surface area contributed by atoms with E-state index in [2.05, 4.69) is 10.6 Å². The maximum absolute atomic E-state index is 12.2. The standard InChI is InChI=1S/C16H23ClN2O3/c1-11(2)10-14(16(22)18-8-3-9-20)19-15(21)12-4-6-13(17)7-5-12/h4-7,11,14,20H,3,8-10H2,1-2H3,(H,18,22)(H,19,21). The number of aliphatic hydroxyl groups is 1. The topological polar surface area (TPSA) is 78.4 Å². The van der Waals surface area contributed by atoms with Gasteiger partial charge in [-0.2, -0.15) is 0 Å². The van der Waals surface area contributed by atoms with Gasteiger partial charge in [-0.25, -0.2) is 0 Å². The lowest BCUT2D eigenvalue weighted by Gasteiger charge is -2.20. The molecule has 0 saturated carbocycles. The van der Waals surface area contributed by atoms with Gasteiger partial charge in [0.15, 0.2) is 0 Å². The van der Waals surface area contributed by atoms with Crippen LogP contribution in [0.4, 0.5) is 0 Å². The van der Waals surface area contributed by atoms with Crippen molar-refractivity contribution in [2.45, 2.75) is 32.7 Å². The highest BCUT2D eigenvalue weighted by Crippen LogP contribution is 2.11. The van der Waals surface area contributed by atoms with Gasteiger partial charge in [0, 0.05) is 23.7 Å². The van der Waals surface area contributed by atoms with E-state index in [0.717, 1.165) is 0 Å². The fourth-order valence-electron chi connectivity index (χ4n) is 1.96. The van der Waals surface area contributed by atoms with E-state index in [-0.39, 0.29) is 24.3 Å². The molecule has 22 heavy (non-hydrogen) atoms. The molecule has 1 aromatic carbocycles. The van der Waals surface area contributed by atoms with Crippen molar-refractivity contribution >= 4 is 23.4 Å². The molecule has 0 aliphatic heterocycles. The molecule has 0 fully saturated rings. The molecule has 2 amide bonds. The van der Waals surface area contributed by atoms with E-state index in [9.17, 15) is 9.59 Å². The Balaban J connectivity index is 2.69. The summed E-state index contributed by atoms with van der Waals surface area (Å²) in [7, 11) is 0. The number of carbonyl (C=O) groups excluding carboxylic acids is 2. The van der Waals surface area contributed by atoms with Crippen LogP contribution in [0, 0.1) is 5.92 Å². The summed E-state index contributed by atoms with van der Waals surface area (Å²) in [5.41, 5.74) is 0.460. The molecule has 0 spiro atoms. The number of hydrogen-bond donors (Lipinski definition) is 3. The van der Waals surface area contributed by atoms with Gasteiger partial charge < -0.3 is 15.7 Å². The van der Waals surface area contributed by atoms with E-state index in [0.29, 0.717) is 30.0 Å². The van der Waals surface area contributed by atoms with Crippen molar-refractivity contribution in [1.82, 2.24) is 10.6 Å². The molecule has 1 unspecified atom stereocenters. The van der Waals surface area contributed by atoms with E-state index in [1.54, 1.807) is 24.3 Å². The molecule has 1 rings (SSSR count). The van der Waals surface area contributed by atoms with Crippen LogP contribution in [0.3, 0.4) is 0 Å². The van der Waals surface area contributed by atoms with Crippen LogP contribution in [0.15, 0.2) is 24.3 Å². The molecule has 1 aromatic rings. The molecule has 0 saturated heterocycles. The summed E-state index contributed by atoms with van der Waals surface area (Å²) in [4.78, 5) is 24.4. The molecule has 0 radical (unpaired) electrons. The highest BCUT2D eigenvalue weighted by atomic mass is 35.5. The van der Waals surface area contributed by atoms with Crippen molar-refractivity contribution in [2.75, 3.05) is 13.2 Å². The maximum atomic E-state index is 12.2. The van der Waals surface area contributed by atoms with Crippen molar-refractivity contribution in [1.29, 1.82) is 0 Å². The Hall–Kier alpha value is -1.59. The summed E-state index contributed by atoms with van der Waals surface area (Å²) in [6.45, 7) is 4.39. The van der Waals surface area contributed by atoms with Crippen molar-refractivity contribution in [3.63, 3.8) is 0 Å². The summed E-state index contributed by atoms with van der Waals surface area (Å²) >= 11 is 5.80. The summed E-state index contributed by atoms with van der Waals surface area (Å²) in [5, 5.41) is 14.8. The number of nitrogens with one attached hydrogen (secondary N) is 2. The zero-order valence-electron chi connectivity index (χ0n) is 12.9. The minimum Gasteiger partial charge on any atom is -0.396 e. The van der Waals surface area contributed by atoms with Gasteiger partial charge in [0.05, 0.1) is 0 Å². The first-order valence-electron chi connectivity index (χ1n) is 7.39. The molecule has 1 atom stereocenters. The molecule has 0 bridgehead atoms. The van der Waals surface area contributed by atoms with Crippen molar-refractivity contribution in [3.8, 4) is 0 Å². The molecule has 0 aliphatic rings. The van der Waals surface area contributed by atoms with Gasteiger partial charge in [0.2, 0.25) is 5.91 Å². The van der Waals surface area contributed by atoms with E-state index in [1.165, 1.54) is 0 Å². The third-order valence-corrected chi connectivity index (χ3v) is 3.32. The third kappa shape index (κ3) is 6.45. The number of aliphatic hydroxyl groups excluding tert-OH is 1. The Kier molecular flexibility index (Phi) is 7.91. The average Bonchev–Trinajstić information content (AvgIpc) is 2.46. The minimum absolute atomic E-state index is 0.0201. The van der Waals surface area contributed by atoms with Gasteiger partial charge in [0.1, 0.15) is 6.04 Å². The summed E-state index contributed by atoms with van der Waals surface area (Å²) < 4.78 is 0. The Morgan fingerprint density at radius 3 is 2.41 bits per heavy atom. The molecule has 6 heteroatoms. The second-order valence-corrected chi connectivity index (χ2v) is 5.97. The molecule has 5 nitrogen and oxygen atoms in total. The predicted molar refractivity (Wildman–Crippen MR) is 86.9 cm³/mol. The van der Waals surface area contributed by atoms with E-state index < -0.39 is 6.04 Å². The predicted octanol–water partition coefficient (Wildman–Crippen LogP) is 1.98. The zero-order valence-corrected chi connectivity index (χ0v) is 13.7. The maximum Gasteiger partial charge on any atom is 0.251 e. The highest BCUT2D eigenvalue weighted by molar-refractivity contribution is 6.30. The van der Waals surface area contributed by atoms with Crippen LogP contribution in [0.1, 0.15) is 37.0 Å². The lowest BCUT2D eigenvalue weighted by molar-refractivity contribution is -0.123. The van der Waals surface area contributed by atoms with Crippen LogP contribution in [-0.2, 0) is 4.79 Å². The van der Waals surface area contributed by atoms with Gasteiger partial charge >= 0.3 is 0 Å². The Morgan fingerprint density at radius 1 is 1.23 bits per heavy atom. The van der Waals surface area contributed by atoms with E-state index >= 15 is 0 Å². The second-order valence-electron chi connectivity index (χ2n) is 5.53.